The minimum atomic E-state index is -0.454. The Hall–Kier alpha value is -2.51. The van der Waals surface area contributed by atoms with Gasteiger partial charge in [0.15, 0.2) is 0 Å². The molecular formula is C17H15ClN2O2. The van der Waals surface area contributed by atoms with E-state index in [1.165, 1.54) is 0 Å². The van der Waals surface area contributed by atoms with Gasteiger partial charge in [0.25, 0.3) is 0 Å². The molecule has 1 amide bonds. The number of ether oxygens (including phenoxy) is 1. The van der Waals surface area contributed by atoms with Crippen molar-refractivity contribution in [1.29, 1.82) is 0 Å². The molecule has 1 aromatic carbocycles. The largest absolute Gasteiger partial charge is 0.445 e. The van der Waals surface area contributed by atoms with Gasteiger partial charge >= 0.3 is 6.09 Å². The molecule has 5 heteroatoms. The van der Waals surface area contributed by atoms with Crippen LogP contribution in [0.25, 0.3) is 0 Å². The molecule has 4 nitrogen and oxygen atoms in total. The summed E-state index contributed by atoms with van der Waals surface area (Å²) in [5.41, 5.74) is 1.62. The normalized spacial score (nSPS) is 9.50. The van der Waals surface area contributed by atoms with Gasteiger partial charge in [-0.05, 0) is 17.7 Å². The van der Waals surface area contributed by atoms with E-state index in [0.29, 0.717) is 23.7 Å². The summed E-state index contributed by atoms with van der Waals surface area (Å²) in [6.45, 7) is 0.669. The molecule has 0 radical (unpaired) electrons. The third-order valence-corrected chi connectivity index (χ3v) is 3.02. The highest BCUT2D eigenvalue weighted by Crippen LogP contribution is 2.09. The number of nitrogens with zero attached hydrogens (tertiary/aromatic N) is 1. The van der Waals surface area contributed by atoms with E-state index in [1.807, 2.05) is 30.3 Å². The Morgan fingerprint density at radius 3 is 2.82 bits per heavy atom. The van der Waals surface area contributed by atoms with Gasteiger partial charge in [-0.1, -0.05) is 53.8 Å². The van der Waals surface area contributed by atoms with Crippen LogP contribution in [0, 0.1) is 11.8 Å². The van der Waals surface area contributed by atoms with Crippen molar-refractivity contribution in [1.82, 2.24) is 10.3 Å². The molecule has 112 valence electrons. The number of rotatable bonds is 4. The van der Waals surface area contributed by atoms with Gasteiger partial charge in [-0.25, -0.2) is 9.78 Å². The van der Waals surface area contributed by atoms with Gasteiger partial charge in [0.1, 0.15) is 11.8 Å². The second kappa shape index (κ2) is 8.71. The van der Waals surface area contributed by atoms with Crippen LogP contribution in [0.2, 0.25) is 5.15 Å². The average molecular weight is 315 g/mol. The molecule has 0 atom stereocenters. The maximum atomic E-state index is 11.5. The number of benzene rings is 1. The number of carbonyl (C=O) groups is 1. The summed E-state index contributed by atoms with van der Waals surface area (Å²) < 4.78 is 5.08. The number of hydrogen-bond acceptors (Lipinski definition) is 3. The maximum Gasteiger partial charge on any atom is 0.407 e. The summed E-state index contributed by atoms with van der Waals surface area (Å²) in [4.78, 5) is 15.4. The standard InChI is InChI=1S/C17H15ClN2O2/c18-16-15(10-6-12-19-16)9-4-5-11-20-17(21)22-13-14-7-2-1-3-8-14/h1-3,6-8,10,12H,5,11,13H2,(H,20,21). The molecule has 0 bridgehead atoms. The Balaban J connectivity index is 1.67. The summed E-state index contributed by atoms with van der Waals surface area (Å²) in [6.07, 6.45) is 1.66. The van der Waals surface area contributed by atoms with Crippen LogP contribution in [-0.4, -0.2) is 17.6 Å². The van der Waals surface area contributed by atoms with E-state index < -0.39 is 6.09 Å². The van der Waals surface area contributed by atoms with E-state index in [1.54, 1.807) is 18.3 Å². The molecule has 0 fully saturated rings. The Kier molecular flexibility index (Phi) is 6.28. The maximum absolute atomic E-state index is 11.5. The van der Waals surface area contributed by atoms with Crippen molar-refractivity contribution in [3.63, 3.8) is 0 Å². The lowest BCUT2D eigenvalue weighted by Gasteiger charge is -2.05. The van der Waals surface area contributed by atoms with Crippen LogP contribution in [0.4, 0.5) is 4.79 Å². The molecule has 2 rings (SSSR count). The van der Waals surface area contributed by atoms with Crippen LogP contribution < -0.4 is 5.32 Å². The van der Waals surface area contributed by atoms with E-state index in [2.05, 4.69) is 22.1 Å². The molecule has 0 aliphatic rings. The number of carbonyl (C=O) groups excluding carboxylic acids is 1. The van der Waals surface area contributed by atoms with Gasteiger partial charge in [0.05, 0.1) is 5.56 Å². The Morgan fingerprint density at radius 2 is 2.05 bits per heavy atom. The molecule has 0 aliphatic carbocycles. The number of amides is 1. The Morgan fingerprint density at radius 1 is 1.23 bits per heavy atom. The number of halogens is 1. The lowest BCUT2D eigenvalue weighted by molar-refractivity contribution is 0.140. The van der Waals surface area contributed by atoms with Gasteiger partial charge in [-0.3, -0.25) is 0 Å². The van der Waals surface area contributed by atoms with Crippen molar-refractivity contribution >= 4 is 17.7 Å². The molecule has 22 heavy (non-hydrogen) atoms. The Labute approximate surface area is 134 Å². The number of pyridine rings is 1. The zero-order valence-corrected chi connectivity index (χ0v) is 12.6. The zero-order valence-electron chi connectivity index (χ0n) is 11.9. The average Bonchev–Trinajstić information content (AvgIpc) is 2.55. The molecule has 1 heterocycles. The fourth-order valence-corrected chi connectivity index (χ4v) is 1.80. The van der Waals surface area contributed by atoms with Crippen molar-refractivity contribution in [2.45, 2.75) is 13.0 Å². The second-order valence-corrected chi connectivity index (χ2v) is 4.74. The third kappa shape index (κ3) is 5.47. The van der Waals surface area contributed by atoms with E-state index in [0.717, 1.165) is 5.56 Å². The number of alkyl carbamates (subject to hydrolysis) is 1. The summed E-state index contributed by atoms with van der Waals surface area (Å²) >= 11 is 5.88. The van der Waals surface area contributed by atoms with Crippen molar-refractivity contribution in [3.05, 3.63) is 64.9 Å². The molecule has 1 N–H and O–H groups in total. The van der Waals surface area contributed by atoms with Crippen LogP contribution in [0.3, 0.4) is 0 Å². The van der Waals surface area contributed by atoms with Crippen LogP contribution in [0.15, 0.2) is 48.7 Å². The van der Waals surface area contributed by atoms with Crippen LogP contribution >= 0.6 is 11.6 Å². The van der Waals surface area contributed by atoms with E-state index in [9.17, 15) is 4.79 Å². The van der Waals surface area contributed by atoms with Crippen molar-refractivity contribution in [2.75, 3.05) is 6.54 Å². The Bertz CT molecular complexity index is 678. The number of nitrogens with one attached hydrogen (secondary N) is 1. The predicted molar refractivity (Wildman–Crippen MR) is 85.4 cm³/mol. The first-order chi connectivity index (χ1) is 10.8. The van der Waals surface area contributed by atoms with Gasteiger partial charge in [-0.15, -0.1) is 0 Å². The van der Waals surface area contributed by atoms with Crippen molar-refractivity contribution in [2.24, 2.45) is 0 Å². The summed E-state index contributed by atoms with van der Waals surface area (Å²) in [5.74, 6) is 5.83. The molecule has 0 saturated heterocycles. The minimum absolute atomic E-state index is 0.254. The summed E-state index contributed by atoms with van der Waals surface area (Å²) in [5, 5.41) is 3.02. The van der Waals surface area contributed by atoms with Crippen LogP contribution in [0.1, 0.15) is 17.5 Å². The highest BCUT2D eigenvalue weighted by molar-refractivity contribution is 6.30. The van der Waals surface area contributed by atoms with E-state index >= 15 is 0 Å². The lowest BCUT2D eigenvalue weighted by Crippen LogP contribution is -2.24. The topological polar surface area (TPSA) is 51.2 Å². The van der Waals surface area contributed by atoms with Crippen molar-refractivity contribution in [3.8, 4) is 11.8 Å². The quantitative estimate of drug-likeness (QED) is 0.534. The van der Waals surface area contributed by atoms with Crippen LogP contribution in [0.5, 0.6) is 0 Å². The molecule has 1 aromatic heterocycles. The first-order valence-electron chi connectivity index (χ1n) is 6.79. The molecular weight excluding hydrogens is 300 g/mol. The third-order valence-electron chi connectivity index (χ3n) is 2.71. The molecule has 0 spiro atoms. The lowest BCUT2D eigenvalue weighted by atomic mass is 10.2. The second-order valence-electron chi connectivity index (χ2n) is 4.38. The van der Waals surface area contributed by atoms with Gasteiger partial charge in [0.2, 0.25) is 0 Å². The number of aromatic nitrogens is 1. The van der Waals surface area contributed by atoms with Gasteiger partial charge < -0.3 is 10.1 Å². The number of hydrogen-bond donors (Lipinski definition) is 1. The fourth-order valence-electron chi connectivity index (χ4n) is 1.64. The first-order valence-corrected chi connectivity index (χ1v) is 7.17. The van der Waals surface area contributed by atoms with Gasteiger partial charge in [0, 0.05) is 19.2 Å². The van der Waals surface area contributed by atoms with E-state index in [-0.39, 0.29) is 6.61 Å². The SMILES string of the molecule is O=C(NCCC#Cc1cccnc1Cl)OCc1ccccc1. The minimum Gasteiger partial charge on any atom is -0.445 e. The highest BCUT2D eigenvalue weighted by atomic mass is 35.5. The first kappa shape index (κ1) is 15.9. The van der Waals surface area contributed by atoms with E-state index in [4.69, 9.17) is 16.3 Å². The summed E-state index contributed by atoms with van der Waals surface area (Å²) in [6, 6.07) is 13.1. The predicted octanol–water partition coefficient (Wildman–Crippen LogP) is 3.40. The van der Waals surface area contributed by atoms with Gasteiger partial charge in [-0.2, -0.15) is 0 Å². The monoisotopic (exact) mass is 314 g/mol. The highest BCUT2D eigenvalue weighted by Gasteiger charge is 2.00. The zero-order chi connectivity index (χ0) is 15.6. The van der Waals surface area contributed by atoms with Crippen LogP contribution in [-0.2, 0) is 11.3 Å². The fraction of sp³-hybridized carbons (Fsp3) is 0.176. The molecule has 0 unspecified atom stereocenters. The smallest absolute Gasteiger partial charge is 0.407 e. The molecule has 2 aromatic rings. The molecule has 0 saturated carbocycles. The van der Waals surface area contributed by atoms with Crippen molar-refractivity contribution < 1.29 is 9.53 Å². The summed E-state index contributed by atoms with van der Waals surface area (Å²) in [7, 11) is 0. The molecule has 0 aliphatic heterocycles.